The molecule has 5 heteroatoms. The minimum Gasteiger partial charge on any atom is -0.374 e. The molecule has 1 rings (SSSR count). The van der Waals surface area contributed by atoms with Gasteiger partial charge in [-0.3, -0.25) is 0 Å². The fraction of sp³-hybridized carbons (Fsp3) is 0.600. The van der Waals surface area contributed by atoms with Crippen LogP contribution in [0.4, 0.5) is 18.9 Å². The summed E-state index contributed by atoms with van der Waals surface area (Å²) < 4.78 is 39.5. The fourth-order valence-electron chi connectivity index (χ4n) is 2.12. The Morgan fingerprint density at radius 1 is 1.15 bits per heavy atom. The Bertz CT molecular complexity index is 416. The van der Waals surface area contributed by atoms with Crippen LogP contribution in [0, 0.1) is 0 Å². The van der Waals surface area contributed by atoms with Gasteiger partial charge in [0.25, 0.3) is 0 Å². The smallest absolute Gasteiger partial charge is 0.374 e. The Morgan fingerprint density at radius 3 is 2.40 bits per heavy atom. The van der Waals surface area contributed by atoms with Crippen molar-refractivity contribution >= 4 is 5.69 Å². The summed E-state index contributed by atoms with van der Waals surface area (Å²) in [6.07, 6.45) is -2.55. The first-order valence-corrected chi connectivity index (χ1v) is 7.02. The van der Waals surface area contributed by atoms with E-state index in [1.165, 1.54) is 6.07 Å². The molecule has 1 N–H and O–H groups in total. The van der Waals surface area contributed by atoms with Crippen molar-refractivity contribution in [3.05, 3.63) is 29.3 Å². The number of alkyl halides is 3. The van der Waals surface area contributed by atoms with Gasteiger partial charge in [0.1, 0.15) is 0 Å². The van der Waals surface area contributed by atoms with Crippen molar-refractivity contribution in [2.75, 3.05) is 25.0 Å². The zero-order valence-corrected chi connectivity index (χ0v) is 12.3. The number of anilines is 1. The molecule has 0 radical (unpaired) electrons. The molecule has 0 unspecified atom stereocenters. The van der Waals surface area contributed by atoms with Gasteiger partial charge in [0.15, 0.2) is 0 Å². The van der Waals surface area contributed by atoms with Crippen LogP contribution >= 0.6 is 0 Å². The highest BCUT2D eigenvalue weighted by Gasteiger charge is 2.34. The standard InChI is InChI=1S/C15H23F3N2/c1-4-8-19-11-12-6-7-14(20(3)9-5-2)13(10-12)15(16,17)18/h6-7,10,19H,4-5,8-9,11H2,1-3H3. The van der Waals surface area contributed by atoms with E-state index < -0.39 is 11.7 Å². The molecule has 0 saturated heterocycles. The molecular formula is C15H23F3N2. The van der Waals surface area contributed by atoms with Crippen molar-refractivity contribution in [2.24, 2.45) is 0 Å². The van der Waals surface area contributed by atoms with E-state index in [1.54, 1.807) is 24.1 Å². The first kappa shape index (κ1) is 16.8. The molecule has 0 atom stereocenters. The molecule has 114 valence electrons. The number of hydrogen-bond acceptors (Lipinski definition) is 2. The molecule has 0 aliphatic carbocycles. The van der Waals surface area contributed by atoms with Crippen LogP contribution in [0.2, 0.25) is 0 Å². The highest BCUT2D eigenvalue weighted by atomic mass is 19.4. The second kappa shape index (κ2) is 7.53. The molecule has 0 spiro atoms. The molecule has 1 aromatic carbocycles. The minimum atomic E-state index is -4.32. The Hall–Kier alpha value is -1.23. The van der Waals surface area contributed by atoms with Gasteiger partial charge in [-0.25, -0.2) is 0 Å². The fourth-order valence-corrected chi connectivity index (χ4v) is 2.12. The van der Waals surface area contributed by atoms with Gasteiger partial charge in [-0.1, -0.05) is 19.9 Å². The van der Waals surface area contributed by atoms with E-state index in [-0.39, 0.29) is 5.69 Å². The Labute approximate surface area is 119 Å². The number of rotatable bonds is 7. The average Bonchev–Trinajstić information content (AvgIpc) is 2.38. The summed E-state index contributed by atoms with van der Waals surface area (Å²) in [5, 5.41) is 3.12. The Balaban J connectivity index is 3.01. The first-order chi connectivity index (χ1) is 9.40. The van der Waals surface area contributed by atoms with E-state index in [0.717, 1.165) is 19.4 Å². The summed E-state index contributed by atoms with van der Waals surface area (Å²) in [4.78, 5) is 1.66. The van der Waals surface area contributed by atoms with Crippen LogP contribution in [-0.4, -0.2) is 20.1 Å². The molecule has 0 fully saturated rings. The maximum atomic E-state index is 13.2. The molecule has 0 saturated carbocycles. The second-order valence-electron chi connectivity index (χ2n) is 4.95. The molecule has 0 aromatic heterocycles. The predicted molar refractivity (Wildman–Crippen MR) is 77.0 cm³/mol. The number of benzene rings is 1. The van der Waals surface area contributed by atoms with Crippen LogP contribution in [0.3, 0.4) is 0 Å². The molecule has 0 amide bonds. The van der Waals surface area contributed by atoms with Gasteiger partial charge in [-0.15, -0.1) is 0 Å². The van der Waals surface area contributed by atoms with Gasteiger partial charge in [0.2, 0.25) is 0 Å². The monoisotopic (exact) mass is 288 g/mol. The maximum Gasteiger partial charge on any atom is 0.418 e. The van der Waals surface area contributed by atoms with Crippen LogP contribution in [0.5, 0.6) is 0 Å². The number of nitrogens with zero attached hydrogens (tertiary/aromatic N) is 1. The van der Waals surface area contributed by atoms with E-state index >= 15 is 0 Å². The van der Waals surface area contributed by atoms with Gasteiger partial charge in [0, 0.05) is 25.8 Å². The van der Waals surface area contributed by atoms with E-state index in [0.29, 0.717) is 18.7 Å². The maximum absolute atomic E-state index is 13.2. The summed E-state index contributed by atoms with van der Waals surface area (Å²) in [6, 6.07) is 4.59. The molecule has 20 heavy (non-hydrogen) atoms. The van der Waals surface area contributed by atoms with Gasteiger partial charge in [0.05, 0.1) is 5.56 Å². The molecule has 1 aromatic rings. The average molecular weight is 288 g/mol. The lowest BCUT2D eigenvalue weighted by molar-refractivity contribution is -0.137. The molecular weight excluding hydrogens is 265 g/mol. The summed E-state index contributed by atoms with van der Waals surface area (Å²) in [7, 11) is 1.70. The summed E-state index contributed by atoms with van der Waals surface area (Å²) in [6.45, 7) is 5.85. The predicted octanol–water partition coefficient (Wildman–Crippen LogP) is 4.05. The number of nitrogens with one attached hydrogen (secondary N) is 1. The number of halogens is 3. The van der Waals surface area contributed by atoms with E-state index in [4.69, 9.17) is 0 Å². The van der Waals surface area contributed by atoms with Crippen molar-refractivity contribution in [3.8, 4) is 0 Å². The molecule has 0 bridgehead atoms. The normalized spacial score (nSPS) is 11.7. The highest BCUT2D eigenvalue weighted by Crippen LogP contribution is 2.37. The largest absolute Gasteiger partial charge is 0.418 e. The molecule has 0 aliphatic rings. The lowest BCUT2D eigenvalue weighted by Gasteiger charge is -2.23. The zero-order valence-electron chi connectivity index (χ0n) is 12.3. The van der Waals surface area contributed by atoms with E-state index in [9.17, 15) is 13.2 Å². The lowest BCUT2D eigenvalue weighted by Crippen LogP contribution is -2.22. The third-order valence-electron chi connectivity index (χ3n) is 3.09. The van der Waals surface area contributed by atoms with Gasteiger partial charge < -0.3 is 10.2 Å². The lowest BCUT2D eigenvalue weighted by atomic mass is 10.1. The Morgan fingerprint density at radius 2 is 1.85 bits per heavy atom. The topological polar surface area (TPSA) is 15.3 Å². The van der Waals surface area contributed by atoms with E-state index in [1.807, 2.05) is 13.8 Å². The highest BCUT2D eigenvalue weighted by molar-refractivity contribution is 5.56. The van der Waals surface area contributed by atoms with Crippen molar-refractivity contribution in [3.63, 3.8) is 0 Å². The first-order valence-electron chi connectivity index (χ1n) is 7.02. The zero-order chi connectivity index (χ0) is 15.2. The van der Waals surface area contributed by atoms with Crippen LogP contribution in [-0.2, 0) is 12.7 Å². The van der Waals surface area contributed by atoms with Crippen molar-refractivity contribution in [2.45, 2.75) is 39.4 Å². The van der Waals surface area contributed by atoms with Crippen LogP contribution in [0.25, 0.3) is 0 Å². The molecule has 2 nitrogen and oxygen atoms in total. The second-order valence-corrected chi connectivity index (χ2v) is 4.95. The molecule has 0 heterocycles. The summed E-state index contributed by atoms with van der Waals surface area (Å²) >= 11 is 0. The van der Waals surface area contributed by atoms with Crippen LogP contribution in [0.1, 0.15) is 37.8 Å². The van der Waals surface area contributed by atoms with Crippen molar-refractivity contribution in [1.29, 1.82) is 0 Å². The minimum absolute atomic E-state index is 0.249. The van der Waals surface area contributed by atoms with Crippen molar-refractivity contribution in [1.82, 2.24) is 5.32 Å². The van der Waals surface area contributed by atoms with Crippen molar-refractivity contribution < 1.29 is 13.2 Å². The third kappa shape index (κ3) is 4.71. The summed E-state index contributed by atoms with van der Waals surface area (Å²) in [5.74, 6) is 0. The van der Waals surface area contributed by atoms with Gasteiger partial charge in [-0.05, 0) is 37.1 Å². The van der Waals surface area contributed by atoms with E-state index in [2.05, 4.69) is 5.32 Å². The Kier molecular flexibility index (Phi) is 6.33. The van der Waals surface area contributed by atoms with Crippen LogP contribution in [0.15, 0.2) is 18.2 Å². The molecule has 0 aliphatic heterocycles. The van der Waals surface area contributed by atoms with Crippen LogP contribution < -0.4 is 10.2 Å². The third-order valence-corrected chi connectivity index (χ3v) is 3.09. The van der Waals surface area contributed by atoms with Gasteiger partial charge in [-0.2, -0.15) is 13.2 Å². The SMILES string of the molecule is CCCNCc1ccc(N(C)CCC)c(C(F)(F)F)c1. The van der Waals surface area contributed by atoms with Gasteiger partial charge >= 0.3 is 6.18 Å². The quantitative estimate of drug-likeness (QED) is 0.761. The number of hydrogen-bond donors (Lipinski definition) is 1. The summed E-state index contributed by atoms with van der Waals surface area (Å²) in [5.41, 5.74) is 0.363.